The molecule has 1 N–H and O–H groups in total. The molecule has 1 aliphatic carbocycles. The number of anilines is 1. The van der Waals surface area contributed by atoms with Crippen molar-refractivity contribution in [3.8, 4) is 5.69 Å². The van der Waals surface area contributed by atoms with E-state index in [-0.39, 0.29) is 29.7 Å². The Bertz CT molecular complexity index is 3010. The smallest absolute Gasteiger partial charge is 0.371 e. The van der Waals surface area contributed by atoms with Gasteiger partial charge in [0.2, 0.25) is 11.8 Å². The number of imide groups is 1. The van der Waals surface area contributed by atoms with Gasteiger partial charge in [-0.05, 0) is 115 Å². The van der Waals surface area contributed by atoms with Crippen LogP contribution in [0.5, 0.6) is 0 Å². The summed E-state index contributed by atoms with van der Waals surface area (Å²) in [6.07, 6.45) is 6.64. The number of nitrogens with zero attached hydrogens (tertiary/aromatic N) is 9. The van der Waals surface area contributed by atoms with Gasteiger partial charge in [-0.3, -0.25) is 33.6 Å². The maximum absolute atomic E-state index is 14.7. The number of fused-ring (bicyclic) bond motifs is 2. The molecule has 11 rings (SSSR count). The zero-order valence-corrected chi connectivity index (χ0v) is 39.3. The number of piperazine rings is 1. The van der Waals surface area contributed by atoms with E-state index >= 15 is 0 Å². The zero-order valence-electron chi connectivity index (χ0n) is 39.3. The molecular weight excluding hydrogens is 898 g/mol. The predicted molar refractivity (Wildman–Crippen MR) is 257 cm³/mol. The van der Waals surface area contributed by atoms with Gasteiger partial charge in [0.15, 0.2) is 0 Å². The van der Waals surface area contributed by atoms with E-state index in [1.54, 1.807) is 23.5 Å². The number of rotatable bonds is 12. The highest BCUT2D eigenvalue weighted by atomic mass is 19.4. The van der Waals surface area contributed by atoms with Crippen LogP contribution < -0.4 is 15.9 Å². The molecule has 3 amide bonds. The summed E-state index contributed by atoms with van der Waals surface area (Å²) in [6, 6.07) is 23.0. The molecule has 14 nitrogen and oxygen atoms in total. The summed E-state index contributed by atoms with van der Waals surface area (Å²) in [5.41, 5.74) is 5.60. The van der Waals surface area contributed by atoms with Gasteiger partial charge in [0.1, 0.15) is 18.2 Å². The van der Waals surface area contributed by atoms with Crippen molar-refractivity contribution in [1.29, 1.82) is 0 Å². The second-order valence-corrected chi connectivity index (χ2v) is 20.0. The number of benzene rings is 3. The van der Waals surface area contributed by atoms with E-state index in [4.69, 9.17) is 0 Å². The molecule has 6 aromatic rings. The monoisotopic (exact) mass is 954 g/mol. The lowest BCUT2D eigenvalue weighted by Gasteiger charge is -2.35. The topological polar surface area (TPSA) is 133 Å². The minimum Gasteiger partial charge on any atom is -0.371 e. The number of halogens is 3. The van der Waals surface area contributed by atoms with E-state index in [2.05, 4.69) is 60.5 Å². The summed E-state index contributed by atoms with van der Waals surface area (Å²) < 4.78 is 48.5. The molecule has 7 heterocycles. The molecule has 70 heavy (non-hydrogen) atoms. The number of amides is 3. The van der Waals surface area contributed by atoms with Crippen LogP contribution >= 0.6 is 0 Å². The van der Waals surface area contributed by atoms with Crippen LogP contribution in [0.2, 0.25) is 0 Å². The normalized spacial score (nSPS) is 20.3. The van der Waals surface area contributed by atoms with Gasteiger partial charge in [-0.25, -0.2) is 4.79 Å². The lowest BCUT2D eigenvalue weighted by Crippen LogP contribution is -2.52. The Labute approximate surface area is 403 Å². The van der Waals surface area contributed by atoms with Crippen molar-refractivity contribution in [2.45, 2.75) is 88.5 Å². The van der Waals surface area contributed by atoms with Crippen LogP contribution in [0.25, 0.3) is 11.2 Å². The van der Waals surface area contributed by atoms with Crippen LogP contribution in [0.1, 0.15) is 106 Å². The van der Waals surface area contributed by atoms with E-state index in [0.29, 0.717) is 61.2 Å². The molecule has 0 bridgehead atoms. The third kappa shape index (κ3) is 8.93. The molecule has 2 atom stereocenters. The quantitative estimate of drug-likeness (QED) is 0.134. The van der Waals surface area contributed by atoms with Crippen molar-refractivity contribution in [2.75, 3.05) is 50.7 Å². The number of aromatic nitrogens is 5. The predicted octanol–water partition coefficient (Wildman–Crippen LogP) is 6.67. The van der Waals surface area contributed by atoms with Crippen molar-refractivity contribution in [3.63, 3.8) is 0 Å². The van der Waals surface area contributed by atoms with Gasteiger partial charge in [-0.2, -0.15) is 13.2 Å². The fourth-order valence-electron chi connectivity index (χ4n) is 11.5. The molecule has 3 aromatic carbocycles. The fourth-order valence-corrected chi connectivity index (χ4v) is 11.5. The molecule has 4 aliphatic heterocycles. The molecule has 4 fully saturated rings. The third-order valence-corrected chi connectivity index (χ3v) is 15.7. The summed E-state index contributed by atoms with van der Waals surface area (Å²) >= 11 is 0. The lowest BCUT2D eigenvalue weighted by atomic mass is 9.72. The van der Waals surface area contributed by atoms with Crippen LogP contribution in [-0.2, 0) is 42.3 Å². The van der Waals surface area contributed by atoms with Gasteiger partial charge in [-0.1, -0.05) is 42.8 Å². The van der Waals surface area contributed by atoms with Crippen LogP contribution in [0.3, 0.4) is 0 Å². The average Bonchev–Trinajstić information content (AvgIpc) is 4.03. The number of pyridine rings is 1. The Balaban J connectivity index is 0.679. The summed E-state index contributed by atoms with van der Waals surface area (Å²) in [6.45, 7) is 6.36. The van der Waals surface area contributed by atoms with Gasteiger partial charge < -0.3 is 19.3 Å². The molecule has 0 radical (unpaired) electrons. The van der Waals surface area contributed by atoms with Crippen molar-refractivity contribution in [2.24, 2.45) is 13.0 Å². The van der Waals surface area contributed by atoms with Crippen molar-refractivity contribution < 1.29 is 27.6 Å². The fraction of sp³-hybridized carbons (Fsp3) is 0.434. The number of nitrogens with one attached hydrogen (secondary N) is 1. The first kappa shape index (κ1) is 45.8. The first-order chi connectivity index (χ1) is 33.8. The van der Waals surface area contributed by atoms with Gasteiger partial charge in [0, 0.05) is 102 Å². The SMILES string of the molecule is Cn1cnnc1[C@@H](c1cccc(-n2cc3c(C(F)(F)F)cc(CN4CCN(CCc5ccc(C6CCN(c7ccc8c(c7)CN([C@H]7CCC(=O)NC7=O)C8=O)CC6)cc5)CC4)cn3c2=O)c1)C1CCC1. The second-order valence-electron chi connectivity index (χ2n) is 20.0. The van der Waals surface area contributed by atoms with Gasteiger partial charge >= 0.3 is 11.9 Å². The molecule has 0 spiro atoms. The number of hydrogen-bond acceptors (Lipinski definition) is 9. The highest BCUT2D eigenvalue weighted by molar-refractivity contribution is 6.05. The van der Waals surface area contributed by atoms with E-state index in [1.807, 2.05) is 41.9 Å². The Morgan fingerprint density at radius 1 is 0.800 bits per heavy atom. The van der Waals surface area contributed by atoms with E-state index < -0.39 is 29.4 Å². The lowest BCUT2D eigenvalue weighted by molar-refractivity contribution is -0.137. The Kier molecular flexibility index (Phi) is 12.2. The number of carbonyl (C=O) groups excluding carboxylic acids is 3. The van der Waals surface area contributed by atoms with Crippen molar-refractivity contribution in [1.82, 2.24) is 43.7 Å². The van der Waals surface area contributed by atoms with Crippen LogP contribution in [0, 0.1) is 5.92 Å². The Morgan fingerprint density at radius 3 is 2.27 bits per heavy atom. The number of imidazole rings is 1. The first-order valence-corrected chi connectivity index (χ1v) is 24.7. The van der Waals surface area contributed by atoms with E-state index in [9.17, 15) is 32.3 Å². The molecule has 3 saturated heterocycles. The number of piperidine rings is 2. The number of aryl methyl sites for hydroxylation is 1. The van der Waals surface area contributed by atoms with E-state index in [0.717, 1.165) is 98.3 Å². The Morgan fingerprint density at radius 2 is 1.57 bits per heavy atom. The molecule has 5 aliphatic rings. The maximum Gasteiger partial charge on any atom is 0.418 e. The second kappa shape index (κ2) is 18.6. The molecule has 0 unspecified atom stereocenters. The molecular formula is C53H57F3N10O4. The minimum absolute atomic E-state index is 0.0354. The molecule has 3 aromatic heterocycles. The molecule has 1 saturated carbocycles. The average molecular weight is 955 g/mol. The highest BCUT2D eigenvalue weighted by Gasteiger charge is 2.40. The number of hydrogen-bond donors (Lipinski definition) is 1. The summed E-state index contributed by atoms with van der Waals surface area (Å²) in [5.74, 6) is 0.764. The van der Waals surface area contributed by atoms with Crippen LogP contribution in [-0.4, -0.2) is 108 Å². The summed E-state index contributed by atoms with van der Waals surface area (Å²) in [5, 5.41) is 10.9. The summed E-state index contributed by atoms with van der Waals surface area (Å²) in [4.78, 5) is 59.9. The largest absolute Gasteiger partial charge is 0.418 e. The molecule has 364 valence electrons. The minimum atomic E-state index is -4.65. The van der Waals surface area contributed by atoms with Crippen LogP contribution in [0.15, 0.2) is 96.3 Å². The zero-order chi connectivity index (χ0) is 48.3. The standard InChI is InChI=1S/C53H57F3N10O4/c1-60-33-57-59-49(60)48(38-4-2-5-38)39-6-3-7-42(27-39)64-32-46-44(53(54,55)56)26-35(30-66(46)52(64)70)29-62-24-22-61(23-25-62)19-16-34-8-10-36(11-9-34)37-17-20-63(21-18-37)41-12-13-43-40(28-41)31-65(51(43)69)45-14-15-47(67)58-50(45)68/h3,6-13,26-28,30,32-33,37-38,45,48H,2,4-5,14-25,29,31H2,1H3,(H,58,67,68)/t45-,48+/m0/s1. The summed E-state index contributed by atoms with van der Waals surface area (Å²) in [7, 11) is 1.91. The van der Waals surface area contributed by atoms with Gasteiger partial charge in [0.05, 0.1) is 16.8 Å². The van der Waals surface area contributed by atoms with Gasteiger partial charge in [-0.15, -0.1) is 10.2 Å². The maximum atomic E-state index is 14.7. The van der Waals surface area contributed by atoms with E-state index in [1.165, 1.54) is 28.0 Å². The Hall–Kier alpha value is -6.59. The highest BCUT2D eigenvalue weighted by Crippen LogP contribution is 2.43. The first-order valence-electron chi connectivity index (χ1n) is 24.7. The van der Waals surface area contributed by atoms with Gasteiger partial charge in [0.25, 0.3) is 5.91 Å². The van der Waals surface area contributed by atoms with Crippen LogP contribution in [0.4, 0.5) is 18.9 Å². The molecule has 17 heteroatoms. The number of alkyl halides is 3. The van der Waals surface area contributed by atoms with Crippen molar-refractivity contribution >= 4 is 28.9 Å². The third-order valence-electron chi connectivity index (χ3n) is 15.7. The number of carbonyl (C=O) groups is 3. The van der Waals surface area contributed by atoms with Crippen molar-refractivity contribution in [3.05, 3.63) is 147 Å².